The number of anilines is 2. The molecular weight excluding hydrogens is 260 g/mol. The second kappa shape index (κ2) is 6.04. The summed E-state index contributed by atoms with van der Waals surface area (Å²) in [6, 6.07) is 3.15. The van der Waals surface area contributed by atoms with Crippen molar-refractivity contribution >= 4 is 17.3 Å². The molecule has 0 saturated carbocycles. The number of ether oxygens (including phenoxy) is 1. The molecule has 1 fully saturated rings. The molecule has 7 heteroatoms. The number of pyridine rings is 1. The number of rotatable bonds is 5. The summed E-state index contributed by atoms with van der Waals surface area (Å²) in [6.07, 6.45) is 1.00. The van der Waals surface area contributed by atoms with E-state index in [2.05, 4.69) is 10.3 Å². The van der Waals surface area contributed by atoms with Crippen molar-refractivity contribution in [1.82, 2.24) is 4.98 Å². The van der Waals surface area contributed by atoms with Gasteiger partial charge in [-0.05, 0) is 20.3 Å². The molecule has 0 aliphatic carbocycles. The van der Waals surface area contributed by atoms with Gasteiger partial charge in [-0.1, -0.05) is 0 Å². The molecule has 7 nitrogen and oxygen atoms in total. The largest absolute Gasteiger partial charge is 0.376 e. The molecule has 2 atom stereocenters. The number of nitrogens with one attached hydrogen (secondary N) is 1. The molecule has 2 rings (SSSR count). The zero-order chi connectivity index (χ0) is 14.7. The fourth-order valence-corrected chi connectivity index (χ4v) is 2.46. The molecule has 1 saturated heterocycles. The van der Waals surface area contributed by atoms with Gasteiger partial charge in [0, 0.05) is 20.2 Å². The average molecular weight is 280 g/mol. The Kier molecular flexibility index (Phi) is 4.39. The van der Waals surface area contributed by atoms with E-state index >= 15 is 0 Å². The highest BCUT2D eigenvalue weighted by molar-refractivity contribution is 5.56. The van der Waals surface area contributed by atoms with Crippen LogP contribution in [0.1, 0.15) is 20.3 Å². The smallest absolute Gasteiger partial charge is 0.276 e. The van der Waals surface area contributed by atoms with Crippen molar-refractivity contribution in [3.8, 4) is 0 Å². The van der Waals surface area contributed by atoms with Crippen LogP contribution in [-0.4, -0.2) is 42.3 Å². The van der Waals surface area contributed by atoms with Crippen molar-refractivity contribution in [2.24, 2.45) is 0 Å². The zero-order valence-electron chi connectivity index (χ0n) is 12.0. The van der Waals surface area contributed by atoms with Gasteiger partial charge in [0.1, 0.15) is 11.6 Å². The quantitative estimate of drug-likeness (QED) is 0.656. The predicted molar refractivity (Wildman–Crippen MR) is 77.3 cm³/mol. The van der Waals surface area contributed by atoms with Gasteiger partial charge in [0.2, 0.25) is 0 Å². The lowest BCUT2D eigenvalue weighted by molar-refractivity contribution is -0.384. The minimum atomic E-state index is -0.394. The average Bonchev–Trinajstić information content (AvgIpc) is 2.84. The Morgan fingerprint density at radius 2 is 2.35 bits per heavy atom. The first-order valence-corrected chi connectivity index (χ1v) is 6.77. The van der Waals surface area contributed by atoms with E-state index in [4.69, 9.17) is 4.74 Å². The van der Waals surface area contributed by atoms with Gasteiger partial charge in [-0.3, -0.25) is 10.1 Å². The molecule has 0 bridgehead atoms. The molecule has 1 aliphatic rings. The van der Waals surface area contributed by atoms with Crippen molar-refractivity contribution in [2.45, 2.75) is 32.4 Å². The van der Waals surface area contributed by atoms with E-state index in [0.717, 1.165) is 6.42 Å². The van der Waals surface area contributed by atoms with Gasteiger partial charge in [-0.15, -0.1) is 0 Å². The lowest BCUT2D eigenvalue weighted by Crippen LogP contribution is -2.37. The number of likely N-dealkylation sites (N-methyl/N-ethyl adjacent to an activating group) is 1. The zero-order valence-corrected chi connectivity index (χ0v) is 12.0. The minimum absolute atomic E-state index is 0.0457. The summed E-state index contributed by atoms with van der Waals surface area (Å²) in [5.74, 6) is 1.12. The summed E-state index contributed by atoms with van der Waals surface area (Å²) in [5.41, 5.74) is 0.0457. The van der Waals surface area contributed by atoms with E-state index < -0.39 is 4.92 Å². The fraction of sp³-hybridized carbons (Fsp3) is 0.615. The molecule has 1 N–H and O–H groups in total. The topological polar surface area (TPSA) is 80.5 Å². The molecule has 110 valence electrons. The summed E-state index contributed by atoms with van der Waals surface area (Å²) in [7, 11) is 1.90. The van der Waals surface area contributed by atoms with Crippen LogP contribution in [0.2, 0.25) is 0 Å². The van der Waals surface area contributed by atoms with E-state index in [1.54, 1.807) is 0 Å². The first-order valence-electron chi connectivity index (χ1n) is 6.77. The van der Waals surface area contributed by atoms with Crippen LogP contribution < -0.4 is 10.2 Å². The lowest BCUT2D eigenvalue weighted by atomic mass is 10.1. The van der Waals surface area contributed by atoms with Gasteiger partial charge in [-0.2, -0.15) is 0 Å². The maximum absolute atomic E-state index is 11.0. The molecule has 2 unspecified atom stereocenters. The predicted octanol–water partition coefficient (Wildman–Crippen LogP) is 2.04. The van der Waals surface area contributed by atoms with E-state index in [1.165, 1.54) is 12.1 Å². The monoisotopic (exact) mass is 280 g/mol. The van der Waals surface area contributed by atoms with Crippen molar-refractivity contribution in [1.29, 1.82) is 0 Å². The third kappa shape index (κ3) is 2.98. The van der Waals surface area contributed by atoms with Crippen molar-refractivity contribution in [3.63, 3.8) is 0 Å². The molecule has 20 heavy (non-hydrogen) atoms. The standard InChI is InChI=1S/C13H20N4O3/c1-4-14-12-7-10(17(18)19)8-13(15-12)16(3)11-5-6-20-9(11)2/h7-9,11H,4-6H2,1-3H3,(H,14,15). The third-order valence-electron chi connectivity index (χ3n) is 3.56. The molecule has 2 heterocycles. The van der Waals surface area contributed by atoms with Crippen LogP contribution in [0, 0.1) is 10.1 Å². The SMILES string of the molecule is CCNc1cc([N+](=O)[O-])cc(N(C)C2CCOC2C)n1. The van der Waals surface area contributed by atoms with Crippen LogP contribution in [-0.2, 0) is 4.74 Å². The number of nitrogens with zero attached hydrogens (tertiary/aromatic N) is 3. The normalized spacial score (nSPS) is 21.8. The molecule has 1 aliphatic heterocycles. The van der Waals surface area contributed by atoms with Crippen molar-refractivity contribution in [2.75, 3.05) is 30.4 Å². The second-order valence-corrected chi connectivity index (χ2v) is 4.90. The Balaban J connectivity index is 2.31. The first-order chi connectivity index (χ1) is 9.52. The van der Waals surface area contributed by atoms with Gasteiger partial charge in [0.25, 0.3) is 5.69 Å². The van der Waals surface area contributed by atoms with Crippen LogP contribution in [0.5, 0.6) is 0 Å². The fourth-order valence-electron chi connectivity index (χ4n) is 2.46. The Bertz CT molecular complexity index is 495. The van der Waals surface area contributed by atoms with Gasteiger partial charge in [-0.25, -0.2) is 4.98 Å². The minimum Gasteiger partial charge on any atom is -0.376 e. The van der Waals surface area contributed by atoms with Crippen LogP contribution in [0.25, 0.3) is 0 Å². The maximum atomic E-state index is 11.0. The van der Waals surface area contributed by atoms with Crippen LogP contribution >= 0.6 is 0 Å². The van der Waals surface area contributed by atoms with Crippen LogP contribution in [0.15, 0.2) is 12.1 Å². The highest BCUT2D eigenvalue weighted by Crippen LogP contribution is 2.27. The highest BCUT2D eigenvalue weighted by Gasteiger charge is 2.29. The third-order valence-corrected chi connectivity index (χ3v) is 3.56. The van der Waals surface area contributed by atoms with Crippen molar-refractivity contribution in [3.05, 3.63) is 22.2 Å². The van der Waals surface area contributed by atoms with Crippen LogP contribution in [0.3, 0.4) is 0 Å². The number of nitro groups is 1. The summed E-state index contributed by atoms with van der Waals surface area (Å²) in [5, 5.41) is 14.1. The summed E-state index contributed by atoms with van der Waals surface area (Å²) >= 11 is 0. The van der Waals surface area contributed by atoms with Crippen molar-refractivity contribution < 1.29 is 9.66 Å². The molecule has 1 aromatic heterocycles. The van der Waals surface area contributed by atoms with E-state index in [0.29, 0.717) is 24.8 Å². The number of aromatic nitrogens is 1. The first kappa shape index (κ1) is 14.5. The van der Waals surface area contributed by atoms with Gasteiger partial charge >= 0.3 is 0 Å². The molecule has 0 amide bonds. The summed E-state index contributed by atoms with van der Waals surface area (Å²) < 4.78 is 5.54. The van der Waals surface area contributed by atoms with E-state index in [-0.39, 0.29) is 17.8 Å². The lowest BCUT2D eigenvalue weighted by Gasteiger charge is -2.27. The van der Waals surface area contributed by atoms with Gasteiger partial charge in [0.05, 0.1) is 29.2 Å². The summed E-state index contributed by atoms with van der Waals surface area (Å²) in [6.45, 7) is 5.32. The van der Waals surface area contributed by atoms with E-state index in [9.17, 15) is 10.1 Å². The Labute approximate surface area is 118 Å². The van der Waals surface area contributed by atoms with Gasteiger partial charge in [0.15, 0.2) is 0 Å². The highest BCUT2D eigenvalue weighted by atomic mass is 16.6. The van der Waals surface area contributed by atoms with E-state index in [1.807, 2.05) is 25.8 Å². The molecule has 1 aromatic rings. The Morgan fingerprint density at radius 1 is 1.60 bits per heavy atom. The summed E-state index contributed by atoms with van der Waals surface area (Å²) in [4.78, 5) is 17.0. The molecular formula is C13H20N4O3. The number of hydrogen-bond acceptors (Lipinski definition) is 6. The molecule has 0 aromatic carbocycles. The molecule has 0 radical (unpaired) electrons. The Hall–Kier alpha value is -1.89. The number of hydrogen-bond donors (Lipinski definition) is 1. The van der Waals surface area contributed by atoms with Gasteiger partial charge < -0.3 is 15.0 Å². The maximum Gasteiger partial charge on any atom is 0.276 e. The Morgan fingerprint density at radius 3 is 2.90 bits per heavy atom. The molecule has 0 spiro atoms. The van der Waals surface area contributed by atoms with Crippen LogP contribution in [0.4, 0.5) is 17.3 Å². The second-order valence-electron chi connectivity index (χ2n) is 4.90.